The van der Waals surface area contributed by atoms with Crippen molar-refractivity contribution in [3.05, 3.63) is 95.3 Å². The summed E-state index contributed by atoms with van der Waals surface area (Å²) in [6.07, 6.45) is 5.90. The summed E-state index contributed by atoms with van der Waals surface area (Å²) in [6, 6.07) is 21.3. The van der Waals surface area contributed by atoms with Gasteiger partial charge in [0.25, 0.3) is 0 Å². The number of fused-ring (bicyclic) bond motifs is 4. The Kier molecular flexibility index (Phi) is 3.04. The van der Waals surface area contributed by atoms with E-state index in [2.05, 4.69) is 60.4 Å². The summed E-state index contributed by atoms with van der Waals surface area (Å²) in [7, 11) is 0. The summed E-state index contributed by atoms with van der Waals surface area (Å²) in [5.41, 5.74) is 9.44. The minimum atomic E-state index is 1.04. The van der Waals surface area contributed by atoms with E-state index in [1.807, 2.05) is 30.6 Å². The molecule has 0 atom stereocenters. The summed E-state index contributed by atoms with van der Waals surface area (Å²) in [4.78, 5) is 9.09. The highest BCUT2D eigenvalue weighted by Gasteiger charge is 2.25. The Morgan fingerprint density at radius 2 is 1.64 bits per heavy atom. The lowest BCUT2D eigenvalue weighted by Gasteiger charge is -2.05. The van der Waals surface area contributed by atoms with Crippen LogP contribution in [0.15, 0.2) is 73.1 Å². The lowest BCUT2D eigenvalue weighted by atomic mass is 9.99. The standard InChI is InChI=1S/C23H16N2/c1-15-6-7-18-19(12-15)20(13-16-8-10-24-11-9-16)21-14-17-4-2-3-5-22(17)25-23(18)21/h2-14H,1H3. The molecule has 1 aliphatic rings. The van der Waals surface area contributed by atoms with Crippen LogP contribution < -0.4 is 0 Å². The second kappa shape index (κ2) is 5.38. The van der Waals surface area contributed by atoms with Gasteiger partial charge < -0.3 is 0 Å². The average Bonchev–Trinajstić information content (AvgIpc) is 2.93. The Morgan fingerprint density at radius 3 is 2.52 bits per heavy atom. The molecule has 0 saturated heterocycles. The van der Waals surface area contributed by atoms with Crippen molar-refractivity contribution < 1.29 is 0 Å². The maximum Gasteiger partial charge on any atom is 0.0794 e. The highest BCUT2D eigenvalue weighted by molar-refractivity contribution is 6.07. The van der Waals surface area contributed by atoms with Gasteiger partial charge in [-0.05, 0) is 54.0 Å². The van der Waals surface area contributed by atoms with Gasteiger partial charge in [-0.25, -0.2) is 4.98 Å². The molecule has 0 amide bonds. The van der Waals surface area contributed by atoms with Gasteiger partial charge in [-0.1, -0.05) is 42.0 Å². The van der Waals surface area contributed by atoms with E-state index >= 15 is 0 Å². The van der Waals surface area contributed by atoms with E-state index in [-0.39, 0.29) is 0 Å². The molecule has 0 bridgehead atoms. The van der Waals surface area contributed by atoms with Crippen molar-refractivity contribution in [3.63, 3.8) is 0 Å². The number of nitrogens with zero attached hydrogens (tertiary/aromatic N) is 2. The van der Waals surface area contributed by atoms with Gasteiger partial charge in [0.15, 0.2) is 0 Å². The van der Waals surface area contributed by atoms with E-state index < -0.39 is 0 Å². The summed E-state index contributed by atoms with van der Waals surface area (Å²) in [5.74, 6) is 0. The first-order chi connectivity index (χ1) is 12.3. The van der Waals surface area contributed by atoms with E-state index in [1.54, 1.807) is 0 Å². The molecule has 118 valence electrons. The van der Waals surface area contributed by atoms with Crippen molar-refractivity contribution in [1.29, 1.82) is 0 Å². The minimum Gasteiger partial charge on any atom is -0.265 e. The summed E-state index contributed by atoms with van der Waals surface area (Å²) >= 11 is 0. The van der Waals surface area contributed by atoms with Crippen molar-refractivity contribution in [2.75, 3.05) is 0 Å². The molecule has 0 spiro atoms. The van der Waals surface area contributed by atoms with Gasteiger partial charge in [-0.3, -0.25) is 4.98 Å². The molecule has 4 aromatic rings. The zero-order chi connectivity index (χ0) is 16.8. The van der Waals surface area contributed by atoms with Gasteiger partial charge in [-0.2, -0.15) is 0 Å². The number of aryl methyl sites for hydroxylation is 1. The Bertz CT molecular complexity index is 1140. The molecule has 0 fully saturated rings. The maximum absolute atomic E-state index is 4.97. The highest BCUT2D eigenvalue weighted by Crippen LogP contribution is 2.45. The molecule has 0 saturated carbocycles. The predicted octanol–water partition coefficient (Wildman–Crippen LogP) is 5.51. The van der Waals surface area contributed by atoms with Crippen LogP contribution in [0.1, 0.15) is 22.3 Å². The molecule has 1 aliphatic carbocycles. The first kappa shape index (κ1) is 14.1. The molecule has 2 aromatic heterocycles. The van der Waals surface area contributed by atoms with Crippen molar-refractivity contribution in [3.8, 4) is 11.3 Å². The van der Waals surface area contributed by atoms with Gasteiger partial charge in [0, 0.05) is 28.9 Å². The second-order valence-corrected chi connectivity index (χ2v) is 6.46. The third-order valence-electron chi connectivity index (χ3n) is 4.75. The molecule has 2 heteroatoms. The summed E-state index contributed by atoms with van der Waals surface area (Å²) in [5, 5.41) is 1.17. The fourth-order valence-corrected chi connectivity index (χ4v) is 3.54. The van der Waals surface area contributed by atoms with Crippen LogP contribution in [0, 0.1) is 6.92 Å². The van der Waals surface area contributed by atoms with Crippen molar-refractivity contribution >= 4 is 22.6 Å². The van der Waals surface area contributed by atoms with Crippen LogP contribution in [0.5, 0.6) is 0 Å². The molecular weight excluding hydrogens is 304 g/mol. The van der Waals surface area contributed by atoms with E-state index in [0.717, 1.165) is 16.8 Å². The largest absolute Gasteiger partial charge is 0.265 e. The zero-order valence-electron chi connectivity index (χ0n) is 13.9. The zero-order valence-corrected chi connectivity index (χ0v) is 13.9. The van der Waals surface area contributed by atoms with Crippen molar-refractivity contribution in [2.45, 2.75) is 6.92 Å². The lowest BCUT2D eigenvalue weighted by Crippen LogP contribution is -1.87. The molecule has 25 heavy (non-hydrogen) atoms. The van der Waals surface area contributed by atoms with Crippen LogP contribution in [0.3, 0.4) is 0 Å². The molecule has 0 radical (unpaired) electrons. The molecule has 2 nitrogen and oxygen atoms in total. The van der Waals surface area contributed by atoms with Crippen LogP contribution in [0.25, 0.3) is 33.8 Å². The van der Waals surface area contributed by atoms with Crippen LogP contribution >= 0.6 is 0 Å². The van der Waals surface area contributed by atoms with Gasteiger partial charge >= 0.3 is 0 Å². The first-order valence-corrected chi connectivity index (χ1v) is 8.43. The molecule has 5 rings (SSSR count). The average molecular weight is 320 g/mol. The predicted molar refractivity (Wildman–Crippen MR) is 103 cm³/mol. The molecule has 0 N–H and O–H groups in total. The SMILES string of the molecule is Cc1ccc2c(c1)C(=Cc1ccncc1)c1cc3ccccc3nc1-2. The normalized spacial score (nSPS) is 13.9. The van der Waals surface area contributed by atoms with Gasteiger partial charge in [0.05, 0.1) is 11.2 Å². The van der Waals surface area contributed by atoms with Crippen molar-refractivity contribution in [1.82, 2.24) is 9.97 Å². The number of para-hydroxylation sites is 1. The van der Waals surface area contributed by atoms with E-state index in [9.17, 15) is 0 Å². The smallest absolute Gasteiger partial charge is 0.0794 e. The summed E-state index contributed by atoms with van der Waals surface area (Å²) < 4.78 is 0. The number of pyridine rings is 2. The van der Waals surface area contributed by atoms with Crippen molar-refractivity contribution in [2.24, 2.45) is 0 Å². The highest BCUT2D eigenvalue weighted by atomic mass is 14.7. The number of aromatic nitrogens is 2. The fraction of sp³-hybridized carbons (Fsp3) is 0.0435. The first-order valence-electron chi connectivity index (χ1n) is 8.43. The Labute approximate surface area is 146 Å². The van der Waals surface area contributed by atoms with Gasteiger partial charge in [0.2, 0.25) is 0 Å². The van der Waals surface area contributed by atoms with Crippen LogP contribution in [-0.2, 0) is 0 Å². The number of rotatable bonds is 1. The molecule has 0 aliphatic heterocycles. The molecule has 2 heterocycles. The third kappa shape index (κ3) is 2.26. The molecule has 0 unspecified atom stereocenters. The van der Waals surface area contributed by atoms with E-state index in [1.165, 1.54) is 33.2 Å². The van der Waals surface area contributed by atoms with E-state index in [0.29, 0.717) is 0 Å². The minimum absolute atomic E-state index is 1.04. The quantitative estimate of drug-likeness (QED) is 0.407. The lowest BCUT2D eigenvalue weighted by molar-refractivity contribution is 1.32. The van der Waals surface area contributed by atoms with E-state index in [4.69, 9.17) is 4.98 Å². The Balaban J connectivity index is 1.84. The number of hydrogen-bond acceptors (Lipinski definition) is 2. The van der Waals surface area contributed by atoms with Crippen LogP contribution in [-0.4, -0.2) is 9.97 Å². The van der Waals surface area contributed by atoms with Gasteiger partial charge in [-0.15, -0.1) is 0 Å². The molecular formula is C23H16N2. The monoisotopic (exact) mass is 320 g/mol. The Hall–Kier alpha value is -3.26. The number of benzene rings is 2. The topological polar surface area (TPSA) is 25.8 Å². The van der Waals surface area contributed by atoms with Gasteiger partial charge in [0.1, 0.15) is 0 Å². The third-order valence-corrected chi connectivity index (χ3v) is 4.75. The Morgan fingerprint density at radius 1 is 0.800 bits per heavy atom. The molecule has 2 aromatic carbocycles. The maximum atomic E-state index is 4.97. The second-order valence-electron chi connectivity index (χ2n) is 6.46. The van der Waals surface area contributed by atoms with Crippen LogP contribution in [0.2, 0.25) is 0 Å². The fourth-order valence-electron chi connectivity index (χ4n) is 3.54. The van der Waals surface area contributed by atoms with Crippen LogP contribution in [0.4, 0.5) is 0 Å². The number of hydrogen-bond donors (Lipinski definition) is 0. The summed E-state index contributed by atoms with van der Waals surface area (Å²) in [6.45, 7) is 2.14.